The fraction of sp³-hybridized carbons (Fsp3) is 0.375. The van der Waals surface area contributed by atoms with Crippen LogP contribution in [0, 0.1) is 0 Å². The summed E-state index contributed by atoms with van der Waals surface area (Å²) >= 11 is 0. The topological polar surface area (TPSA) is 66.9 Å². The van der Waals surface area contributed by atoms with Crippen LogP contribution in [-0.4, -0.2) is 35.4 Å². The average molecular weight is 234 g/mol. The molecule has 0 saturated carbocycles. The maximum Gasteiger partial charge on any atom is 0.401 e. The highest BCUT2D eigenvalue weighted by molar-refractivity contribution is 5.91. The predicted molar refractivity (Wildman–Crippen MR) is 49.6 cm³/mol. The number of nitrogens with zero attached hydrogens (tertiary/aromatic N) is 2. The Morgan fingerprint density at radius 1 is 1.44 bits per heavy atom. The number of aromatic nitrogens is 2. The normalized spacial score (nSPS) is 11.2. The van der Waals surface area contributed by atoms with Crippen LogP contribution in [0.4, 0.5) is 19.0 Å². The van der Waals surface area contributed by atoms with Crippen molar-refractivity contribution in [3.8, 4) is 0 Å². The number of anilines is 1. The Labute approximate surface area is 89.1 Å². The standard InChI is InChI=1S/C8H9F3N4O/c9-8(10,11)5-12-4-7(16)14-6-2-1-3-13-15-6/h1-3,12H,4-5H2,(H,14,15,16). The van der Waals surface area contributed by atoms with Crippen molar-refractivity contribution >= 4 is 11.7 Å². The fourth-order valence-electron chi connectivity index (χ4n) is 0.873. The second kappa shape index (κ2) is 5.40. The monoisotopic (exact) mass is 234 g/mol. The molecule has 0 aliphatic rings. The van der Waals surface area contributed by atoms with Crippen molar-refractivity contribution in [2.75, 3.05) is 18.4 Å². The van der Waals surface area contributed by atoms with Crippen LogP contribution < -0.4 is 10.6 Å². The van der Waals surface area contributed by atoms with Gasteiger partial charge in [0.1, 0.15) is 0 Å². The van der Waals surface area contributed by atoms with E-state index in [-0.39, 0.29) is 5.82 Å². The van der Waals surface area contributed by atoms with Gasteiger partial charge in [0.05, 0.1) is 13.1 Å². The number of rotatable bonds is 4. The van der Waals surface area contributed by atoms with Crippen molar-refractivity contribution < 1.29 is 18.0 Å². The van der Waals surface area contributed by atoms with Crippen LogP contribution in [0.15, 0.2) is 18.3 Å². The van der Waals surface area contributed by atoms with E-state index in [9.17, 15) is 18.0 Å². The Balaban J connectivity index is 2.27. The summed E-state index contributed by atoms with van der Waals surface area (Å²) in [7, 11) is 0. The fourth-order valence-corrected chi connectivity index (χ4v) is 0.873. The van der Waals surface area contributed by atoms with E-state index >= 15 is 0 Å². The van der Waals surface area contributed by atoms with Gasteiger partial charge in [0.2, 0.25) is 5.91 Å². The van der Waals surface area contributed by atoms with Gasteiger partial charge < -0.3 is 10.6 Å². The van der Waals surface area contributed by atoms with Gasteiger partial charge in [0, 0.05) is 6.20 Å². The highest BCUT2D eigenvalue weighted by atomic mass is 19.4. The molecule has 0 radical (unpaired) electrons. The van der Waals surface area contributed by atoms with E-state index in [0.717, 1.165) is 0 Å². The second-order valence-corrected chi connectivity index (χ2v) is 2.88. The first kappa shape index (κ1) is 12.4. The Kier molecular flexibility index (Phi) is 4.18. The van der Waals surface area contributed by atoms with E-state index in [2.05, 4.69) is 15.5 Å². The summed E-state index contributed by atoms with van der Waals surface area (Å²) in [4.78, 5) is 11.1. The summed E-state index contributed by atoms with van der Waals surface area (Å²) in [6.45, 7) is -1.64. The SMILES string of the molecule is O=C(CNCC(F)(F)F)Nc1cccnn1. The highest BCUT2D eigenvalue weighted by Crippen LogP contribution is 2.11. The summed E-state index contributed by atoms with van der Waals surface area (Å²) in [5.74, 6) is -0.411. The summed E-state index contributed by atoms with van der Waals surface area (Å²) < 4.78 is 35.1. The predicted octanol–water partition coefficient (Wildman–Crippen LogP) is 0.567. The second-order valence-electron chi connectivity index (χ2n) is 2.88. The highest BCUT2D eigenvalue weighted by Gasteiger charge is 2.26. The van der Waals surface area contributed by atoms with Gasteiger partial charge >= 0.3 is 6.18 Å². The van der Waals surface area contributed by atoms with Crippen molar-refractivity contribution in [3.63, 3.8) is 0 Å². The van der Waals surface area contributed by atoms with Crippen molar-refractivity contribution in [1.29, 1.82) is 0 Å². The van der Waals surface area contributed by atoms with Gasteiger partial charge in [-0.15, -0.1) is 5.10 Å². The molecule has 1 rings (SSSR count). The van der Waals surface area contributed by atoms with Crippen LogP contribution in [0.2, 0.25) is 0 Å². The molecule has 88 valence electrons. The zero-order valence-corrected chi connectivity index (χ0v) is 8.08. The number of nitrogens with one attached hydrogen (secondary N) is 2. The van der Waals surface area contributed by atoms with Gasteiger partial charge in [-0.2, -0.15) is 18.3 Å². The molecule has 1 heterocycles. The number of amides is 1. The summed E-state index contributed by atoms with van der Waals surface area (Å²) in [6, 6.07) is 3.03. The largest absolute Gasteiger partial charge is 0.401 e. The molecule has 1 aromatic rings. The lowest BCUT2D eigenvalue weighted by molar-refractivity contribution is -0.126. The molecule has 0 fully saturated rings. The number of carbonyl (C=O) groups excluding carboxylic acids is 1. The van der Waals surface area contributed by atoms with Crippen LogP contribution in [0.5, 0.6) is 0 Å². The van der Waals surface area contributed by atoms with Gasteiger partial charge in [0.15, 0.2) is 5.82 Å². The number of carbonyl (C=O) groups is 1. The zero-order chi connectivity index (χ0) is 12.0. The number of halogens is 3. The molecular formula is C8H9F3N4O. The third-order valence-electron chi connectivity index (χ3n) is 1.45. The van der Waals surface area contributed by atoms with E-state index in [1.54, 1.807) is 6.07 Å². The number of hydrogen-bond donors (Lipinski definition) is 2. The lowest BCUT2D eigenvalue weighted by Crippen LogP contribution is -2.35. The Morgan fingerprint density at radius 3 is 2.75 bits per heavy atom. The van der Waals surface area contributed by atoms with Crippen LogP contribution in [0.1, 0.15) is 0 Å². The molecule has 0 atom stereocenters. The van der Waals surface area contributed by atoms with Crippen LogP contribution in [-0.2, 0) is 4.79 Å². The van der Waals surface area contributed by atoms with Crippen LogP contribution in [0.3, 0.4) is 0 Å². The molecule has 8 heteroatoms. The van der Waals surface area contributed by atoms with Crippen LogP contribution >= 0.6 is 0 Å². The van der Waals surface area contributed by atoms with Gasteiger partial charge in [-0.05, 0) is 12.1 Å². The maximum absolute atomic E-state index is 11.7. The van der Waals surface area contributed by atoms with Crippen LogP contribution in [0.25, 0.3) is 0 Å². The first-order valence-electron chi connectivity index (χ1n) is 4.32. The molecule has 0 saturated heterocycles. The smallest absolute Gasteiger partial charge is 0.308 e. The summed E-state index contributed by atoms with van der Waals surface area (Å²) in [6.07, 6.45) is -2.91. The first-order chi connectivity index (χ1) is 7.47. The maximum atomic E-state index is 11.7. The van der Waals surface area contributed by atoms with E-state index in [0.29, 0.717) is 0 Å². The molecule has 5 nitrogen and oxygen atoms in total. The molecule has 0 spiro atoms. The van der Waals surface area contributed by atoms with Crippen molar-refractivity contribution in [2.24, 2.45) is 0 Å². The Hall–Kier alpha value is -1.70. The lowest BCUT2D eigenvalue weighted by atomic mass is 10.5. The molecule has 0 aliphatic heterocycles. The van der Waals surface area contributed by atoms with Gasteiger partial charge in [-0.3, -0.25) is 4.79 Å². The molecule has 1 amide bonds. The summed E-state index contributed by atoms with van der Waals surface area (Å²) in [5, 5.41) is 11.3. The minimum Gasteiger partial charge on any atom is -0.308 e. The number of alkyl halides is 3. The molecule has 1 aromatic heterocycles. The van der Waals surface area contributed by atoms with E-state index in [1.807, 2.05) is 5.32 Å². The molecule has 0 aliphatic carbocycles. The Bertz CT molecular complexity index is 341. The Morgan fingerprint density at radius 2 is 2.19 bits per heavy atom. The van der Waals surface area contributed by atoms with Gasteiger partial charge in [0.25, 0.3) is 0 Å². The number of hydrogen-bond acceptors (Lipinski definition) is 4. The molecule has 0 unspecified atom stereocenters. The molecule has 16 heavy (non-hydrogen) atoms. The molecule has 0 bridgehead atoms. The first-order valence-corrected chi connectivity index (χ1v) is 4.32. The van der Waals surface area contributed by atoms with E-state index in [1.165, 1.54) is 12.3 Å². The lowest BCUT2D eigenvalue weighted by Gasteiger charge is -2.07. The molecular weight excluding hydrogens is 225 g/mol. The average Bonchev–Trinajstić information content (AvgIpc) is 2.17. The minimum absolute atomic E-state index is 0.196. The zero-order valence-electron chi connectivity index (χ0n) is 8.08. The quantitative estimate of drug-likeness (QED) is 0.799. The van der Waals surface area contributed by atoms with Gasteiger partial charge in [-0.25, -0.2) is 0 Å². The van der Waals surface area contributed by atoms with Crippen molar-refractivity contribution in [3.05, 3.63) is 18.3 Å². The van der Waals surface area contributed by atoms with Crippen molar-refractivity contribution in [1.82, 2.24) is 15.5 Å². The van der Waals surface area contributed by atoms with E-state index < -0.39 is 25.2 Å². The minimum atomic E-state index is -4.33. The van der Waals surface area contributed by atoms with Crippen molar-refractivity contribution in [2.45, 2.75) is 6.18 Å². The third-order valence-corrected chi connectivity index (χ3v) is 1.45. The molecule has 2 N–H and O–H groups in total. The molecule has 0 aromatic carbocycles. The summed E-state index contributed by atoms with van der Waals surface area (Å²) in [5.41, 5.74) is 0. The third kappa shape index (κ3) is 5.25. The van der Waals surface area contributed by atoms with E-state index in [4.69, 9.17) is 0 Å². The van der Waals surface area contributed by atoms with Gasteiger partial charge in [-0.1, -0.05) is 0 Å².